The third-order valence-electron chi connectivity index (χ3n) is 18.0. The number of likely N-dealkylation sites (tertiary alicyclic amines) is 1. The predicted octanol–water partition coefficient (Wildman–Crippen LogP) is -1.31. The number of primary amides is 1. The van der Waals surface area contributed by atoms with Crippen molar-refractivity contribution in [1.82, 2.24) is 78.7 Å². The van der Waals surface area contributed by atoms with Gasteiger partial charge in [0.1, 0.15) is 66.5 Å². The summed E-state index contributed by atoms with van der Waals surface area (Å²) in [6.45, 7) is 4.04. The van der Waals surface area contributed by atoms with Gasteiger partial charge in [-0.25, -0.2) is 0 Å². The first-order valence-corrected chi connectivity index (χ1v) is 36.2. The van der Waals surface area contributed by atoms with Crippen LogP contribution in [0.15, 0.2) is 121 Å². The van der Waals surface area contributed by atoms with Crippen molar-refractivity contribution in [1.29, 1.82) is 5.41 Å². The second-order valence-corrected chi connectivity index (χ2v) is 27.5. The van der Waals surface area contributed by atoms with Crippen LogP contribution in [0.5, 0.6) is 0 Å². The van der Waals surface area contributed by atoms with Crippen molar-refractivity contribution in [2.24, 2.45) is 28.2 Å². The van der Waals surface area contributed by atoms with Crippen LogP contribution >= 0.6 is 11.6 Å². The highest BCUT2D eigenvalue weighted by Crippen LogP contribution is 2.22. The van der Waals surface area contributed by atoms with Gasteiger partial charge in [-0.3, -0.25) is 82.5 Å². The lowest BCUT2D eigenvalue weighted by molar-refractivity contribution is -0.142. The molecule has 14 amide bonds. The maximum atomic E-state index is 15.2. The van der Waals surface area contributed by atoms with Crippen LogP contribution in [0.3, 0.4) is 0 Å². The summed E-state index contributed by atoms with van der Waals surface area (Å²) in [5, 5.41) is 44.2. The molecule has 3 aromatic carbocycles. The largest absolute Gasteiger partial charge is 0.370 e. The summed E-state index contributed by atoms with van der Waals surface area (Å²) in [4.78, 5) is 212. The number of benzene rings is 3. The zero-order valence-electron chi connectivity index (χ0n) is 60.9. The van der Waals surface area contributed by atoms with Crippen molar-refractivity contribution in [2.45, 2.75) is 171 Å². The summed E-state index contributed by atoms with van der Waals surface area (Å²) in [5.74, 6) is -14.2. The van der Waals surface area contributed by atoms with Gasteiger partial charge in [0.25, 0.3) is 0 Å². The molecular weight excluding hydrogens is 1440 g/mol. The molecule has 4 heterocycles. The number of nitrogens with two attached hydrogens (primary N) is 3. The zero-order valence-corrected chi connectivity index (χ0v) is 61.7. The number of carbonyl (C=O) groups is 14. The summed E-state index contributed by atoms with van der Waals surface area (Å²) in [5.41, 5.74) is 27.8. The SMILES string of the molecule is CC(=O)N[C@H](Cc1ccc2ccccc2c1)C(=O)N[C@H](Cc1ccc(Cl)cc1)C(=O)N[C@H](Cc1cccnc1)C(=O)N[C@@H](CC(=O)N=[N+]=[N-])C(=O)N[C@H]1CCC(=O)N[C@@H](CCCNC(=N)N)C(=O)NCC[C@@H](C(=O)N2CCC[C@H]2C(=O)NC(CN)C(N)=O)NC(=O)[C@H](CC(C)C)NC(=O)[C@@H](Cc2ccccn2)NC1=O. The Morgan fingerprint density at radius 3 is 1.96 bits per heavy atom. The molecule has 0 spiro atoms. The van der Waals surface area contributed by atoms with Crippen LogP contribution in [-0.4, -0.2) is 196 Å². The smallest absolute Gasteiger partial charge is 0.245 e. The molecule has 5 aromatic rings. The van der Waals surface area contributed by atoms with Gasteiger partial charge in [0.15, 0.2) is 5.96 Å². The van der Waals surface area contributed by atoms with Crippen LogP contribution in [0, 0.1) is 11.3 Å². The van der Waals surface area contributed by atoms with E-state index in [-0.39, 0.29) is 89.2 Å². The van der Waals surface area contributed by atoms with E-state index in [2.05, 4.69) is 83.8 Å². The molecule has 0 radical (unpaired) electrons. The van der Waals surface area contributed by atoms with E-state index in [4.69, 9.17) is 34.2 Å². The van der Waals surface area contributed by atoms with Crippen LogP contribution in [0.2, 0.25) is 5.02 Å². The van der Waals surface area contributed by atoms with Crippen LogP contribution in [0.1, 0.15) is 101 Å². The van der Waals surface area contributed by atoms with Gasteiger partial charge in [0, 0.05) is 106 Å². The first-order chi connectivity index (χ1) is 52.6. The van der Waals surface area contributed by atoms with Crippen molar-refractivity contribution in [3.63, 3.8) is 0 Å². The molecule has 586 valence electrons. The van der Waals surface area contributed by atoms with Crippen molar-refractivity contribution in [3.8, 4) is 0 Å². The van der Waals surface area contributed by atoms with Crippen LogP contribution in [0.4, 0.5) is 0 Å². The maximum absolute atomic E-state index is 15.2. The normalized spacial score (nSPS) is 19.3. The molecular formula is C73H93ClN22O14. The molecule has 37 heteroatoms. The van der Waals surface area contributed by atoms with E-state index in [0.29, 0.717) is 28.1 Å². The molecule has 36 nitrogen and oxygen atoms in total. The van der Waals surface area contributed by atoms with E-state index in [1.54, 1.807) is 62.4 Å². The molecule has 0 saturated carbocycles. The average molecular weight is 1540 g/mol. The Kier molecular flexibility index (Phi) is 32.8. The minimum atomic E-state index is -2.10. The monoisotopic (exact) mass is 1540 g/mol. The van der Waals surface area contributed by atoms with Gasteiger partial charge in [-0.1, -0.05) is 92.2 Å². The van der Waals surface area contributed by atoms with Crippen molar-refractivity contribution < 1.29 is 67.1 Å². The fourth-order valence-corrected chi connectivity index (χ4v) is 12.6. The summed E-state index contributed by atoms with van der Waals surface area (Å²) in [6.07, 6.45) is 0.757. The Morgan fingerprint density at radius 2 is 1.33 bits per heavy atom. The lowest BCUT2D eigenvalue weighted by atomic mass is 9.99. The first-order valence-electron chi connectivity index (χ1n) is 35.8. The number of rotatable bonds is 30. The number of hydrogen-bond donors (Lipinski definition) is 16. The lowest BCUT2D eigenvalue weighted by Crippen LogP contribution is -2.61. The number of pyridine rings is 2. The van der Waals surface area contributed by atoms with Gasteiger partial charge in [-0.2, -0.15) is 0 Å². The van der Waals surface area contributed by atoms with Gasteiger partial charge >= 0.3 is 0 Å². The topological polar surface area (TPSA) is 563 Å². The number of amides is 14. The zero-order chi connectivity index (χ0) is 80.0. The molecule has 2 aromatic heterocycles. The highest BCUT2D eigenvalue weighted by atomic mass is 35.5. The number of guanidine groups is 1. The van der Waals surface area contributed by atoms with Crippen molar-refractivity contribution in [2.75, 3.05) is 26.2 Å². The van der Waals surface area contributed by atoms with Gasteiger partial charge in [-0.05, 0) is 119 Å². The van der Waals surface area contributed by atoms with Gasteiger partial charge in [0.05, 0.1) is 0 Å². The average Bonchev–Trinajstić information content (AvgIpc) is 1.39. The minimum absolute atomic E-state index is 0.0110. The molecule has 2 aliphatic heterocycles. The minimum Gasteiger partial charge on any atom is -0.370 e. The van der Waals surface area contributed by atoms with Gasteiger partial charge < -0.3 is 85.9 Å². The number of nitrogens with zero attached hydrogens (tertiary/aromatic N) is 6. The third-order valence-corrected chi connectivity index (χ3v) is 18.3. The van der Waals surface area contributed by atoms with Gasteiger partial charge in [0.2, 0.25) is 82.7 Å². The summed E-state index contributed by atoms with van der Waals surface area (Å²) in [6, 6.07) is 10.1. The van der Waals surface area contributed by atoms with Crippen LogP contribution in [-0.2, 0) is 92.8 Å². The summed E-state index contributed by atoms with van der Waals surface area (Å²) < 4.78 is 0. The van der Waals surface area contributed by atoms with Crippen molar-refractivity contribution >= 4 is 111 Å². The Balaban J connectivity index is 1.23. The molecule has 7 rings (SSSR count). The van der Waals surface area contributed by atoms with E-state index in [1.807, 2.05) is 36.4 Å². The van der Waals surface area contributed by atoms with Crippen LogP contribution < -0.4 is 81.0 Å². The summed E-state index contributed by atoms with van der Waals surface area (Å²) in [7, 11) is 0. The molecule has 110 heavy (non-hydrogen) atoms. The second-order valence-electron chi connectivity index (χ2n) is 27.0. The Hall–Kier alpha value is -12.2. The number of carbonyl (C=O) groups excluding carboxylic acids is 14. The van der Waals surface area contributed by atoms with E-state index < -0.39 is 181 Å². The first kappa shape index (κ1) is 85.1. The number of fused-ring (bicyclic) bond motifs is 1. The second kappa shape index (κ2) is 42.4. The summed E-state index contributed by atoms with van der Waals surface area (Å²) >= 11 is 6.25. The molecule has 1 unspecified atom stereocenters. The standard InChI is InChI=1S/C73H93ClN22O14/c1-40(2)31-52-65(103)87-51(72(110)96-30-10-16-59(96)71(109)93-58(38-75)62(76)100)25-29-82-63(101)49(15-9-28-83-73(77)78)85-60(98)24-23-50(64(102)91-56(69(107)88-52)36-48-14-6-7-27-81-48)86-70(108)57(37-61(99)94-95-79)92-68(106)55(35-44-11-8-26-80-39-44)90-67(105)54(33-42-18-21-47(74)22-19-42)89-66(104)53(84-41(3)97)34-43-17-20-45-12-4-5-13-46(45)32-43/h4-8,11-14,17-22,26-27,32,39-40,49-59H,9-10,15-16,23-25,28-31,33-38,75H2,1-3H3,(H2,76,100)(H,82,101)(H,84,97)(H,85,98)(H,86,108)(H,87,103)(H,88,107)(H,89,104)(H,90,105)(H,91,102)(H,92,106)(H,93,109)(H4,77,78,83)/t49-,50-,51-,52-,53+,54+,55+,56+,57-,58?,59-/m0/s1. The quantitative estimate of drug-likeness (QED) is 0.00634. The fourth-order valence-electron chi connectivity index (χ4n) is 12.5. The molecule has 11 atom stereocenters. The number of hydrogen-bond acceptors (Lipinski definition) is 18. The molecule has 2 aliphatic rings. The van der Waals surface area contributed by atoms with E-state index >= 15 is 19.2 Å². The highest BCUT2D eigenvalue weighted by Gasteiger charge is 2.41. The Labute approximate surface area is 638 Å². The van der Waals surface area contributed by atoms with Crippen LogP contribution in [0.25, 0.3) is 21.2 Å². The lowest BCUT2D eigenvalue weighted by Gasteiger charge is -2.31. The van der Waals surface area contributed by atoms with Crippen molar-refractivity contribution in [3.05, 3.63) is 154 Å². The number of azide groups is 1. The molecule has 0 aliphatic carbocycles. The predicted molar refractivity (Wildman–Crippen MR) is 401 cm³/mol. The molecule has 19 N–H and O–H groups in total. The van der Waals surface area contributed by atoms with E-state index in [1.165, 1.54) is 42.5 Å². The maximum Gasteiger partial charge on any atom is 0.245 e. The van der Waals surface area contributed by atoms with Gasteiger partial charge in [-0.15, -0.1) is 0 Å². The van der Waals surface area contributed by atoms with E-state index in [0.717, 1.165) is 10.8 Å². The fraction of sp³-hybridized carbons (Fsp3) is 0.438. The number of nitrogens with one attached hydrogen (secondary N) is 13. The molecule has 2 fully saturated rings. The number of halogens is 1. The number of aromatic nitrogens is 2. The third kappa shape index (κ3) is 26.9. The highest BCUT2D eigenvalue weighted by molar-refractivity contribution is 6.30. The Bertz CT molecular complexity index is 4190. The molecule has 2 saturated heterocycles. The molecule has 0 bridgehead atoms. The Morgan fingerprint density at radius 1 is 0.682 bits per heavy atom. The van der Waals surface area contributed by atoms with E-state index in [9.17, 15) is 53.5 Å².